The van der Waals surface area contributed by atoms with Crippen molar-refractivity contribution in [1.29, 1.82) is 5.26 Å². The van der Waals surface area contributed by atoms with Crippen LogP contribution in [-0.2, 0) is 4.79 Å². The summed E-state index contributed by atoms with van der Waals surface area (Å²) >= 11 is 2.48. The fraction of sp³-hybridized carbons (Fsp3) is 0.250. The van der Waals surface area contributed by atoms with E-state index in [4.69, 9.17) is 4.74 Å². The van der Waals surface area contributed by atoms with Crippen LogP contribution in [0.1, 0.15) is 16.6 Å². The normalized spacial score (nSPS) is 11.7. The Balaban J connectivity index is 1.76. The van der Waals surface area contributed by atoms with Crippen molar-refractivity contribution in [1.82, 2.24) is 25.2 Å². The van der Waals surface area contributed by atoms with Crippen LogP contribution in [0.25, 0.3) is 5.69 Å². The maximum atomic E-state index is 12.5. The van der Waals surface area contributed by atoms with Gasteiger partial charge in [0, 0.05) is 11.1 Å². The van der Waals surface area contributed by atoms with Crippen molar-refractivity contribution in [3.63, 3.8) is 0 Å². The summed E-state index contributed by atoms with van der Waals surface area (Å²) in [4.78, 5) is 16.7. The van der Waals surface area contributed by atoms with Gasteiger partial charge in [-0.1, -0.05) is 23.9 Å². The van der Waals surface area contributed by atoms with Crippen LogP contribution in [0.4, 0.5) is 0 Å². The van der Waals surface area contributed by atoms with Gasteiger partial charge in [0.25, 0.3) is 0 Å². The fourth-order valence-corrected chi connectivity index (χ4v) is 3.86. The summed E-state index contributed by atoms with van der Waals surface area (Å²) in [6.07, 6.45) is 0. The summed E-state index contributed by atoms with van der Waals surface area (Å²) in [5.41, 5.74) is 1.47. The number of tetrazole rings is 1. The van der Waals surface area contributed by atoms with Crippen molar-refractivity contribution in [3.8, 4) is 17.5 Å². The Morgan fingerprint density at radius 1 is 1.46 bits per heavy atom. The largest absolute Gasteiger partial charge is 0.494 e. The second-order valence-corrected chi connectivity index (χ2v) is 7.02. The van der Waals surface area contributed by atoms with Crippen LogP contribution in [0, 0.1) is 18.3 Å². The molecule has 0 spiro atoms. The first-order valence-corrected chi connectivity index (χ1v) is 9.39. The number of thioether (sulfide) groups is 1. The highest BCUT2D eigenvalue weighted by Gasteiger charge is 2.24. The van der Waals surface area contributed by atoms with Crippen molar-refractivity contribution in [2.45, 2.75) is 18.0 Å². The molecular weight excluding hydrogens is 372 g/mol. The summed E-state index contributed by atoms with van der Waals surface area (Å²) in [6.45, 7) is 1.83. The van der Waals surface area contributed by atoms with Gasteiger partial charge in [0.1, 0.15) is 16.4 Å². The number of carbonyl (C=O) groups is 1. The Morgan fingerprint density at radius 2 is 2.27 bits per heavy atom. The Bertz CT molecular complexity index is 962. The number of hydrogen-bond donors (Lipinski definition) is 0. The van der Waals surface area contributed by atoms with E-state index in [1.807, 2.05) is 36.6 Å². The molecule has 0 saturated heterocycles. The molecule has 0 aliphatic heterocycles. The molecule has 26 heavy (non-hydrogen) atoms. The summed E-state index contributed by atoms with van der Waals surface area (Å²) in [5.74, 6) is -0.439. The molecule has 3 aromatic rings. The van der Waals surface area contributed by atoms with E-state index in [-0.39, 0.29) is 11.5 Å². The van der Waals surface area contributed by atoms with Gasteiger partial charge in [0.2, 0.25) is 5.16 Å². The van der Waals surface area contributed by atoms with Gasteiger partial charge >= 0.3 is 0 Å². The Morgan fingerprint density at radius 3 is 2.96 bits per heavy atom. The number of benzene rings is 1. The zero-order chi connectivity index (χ0) is 18.5. The zero-order valence-corrected chi connectivity index (χ0v) is 15.6. The standard InChI is InChI=1S/C16H14N6O2S2/c1-10-8-25-15(18-10)11(7-17)13(23)9-26-16-19-20-21-22(16)12-5-3-4-6-14(12)24-2/h3-6,8,11H,9H2,1-2H3/t11-/m0/s1. The van der Waals surface area contributed by atoms with E-state index in [1.54, 1.807) is 13.2 Å². The highest BCUT2D eigenvalue weighted by Crippen LogP contribution is 2.27. The molecule has 10 heteroatoms. The van der Waals surface area contributed by atoms with Gasteiger partial charge in [-0.05, 0) is 29.5 Å². The highest BCUT2D eigenvalue weighted by atomic mass is 32.2. The van der Waals surface area contributed by atoms with Gasteiger partial charge in [-0.15, -0.1) is 16.4 Å². The minimum Gasteiger partial charge on any atom is -0.494 e. The summed E-state index contributed by atoms with van der Waals surface area (Å²) in [6, 6.07) is 9.34. The molecule has 8 nitrogen and oxygen atoms in total. The first kappa shape index (κ1) is 18.0. The number of para-hydroxylation sites is 2. The molecule has 0 unspecified atom stereocenters. The Kier molecular flexibility index (Phi) is 5.60. The molecule has 0 fully saturated rings. The molecule has 0 radical (unpaired) electrons. The van der Waals surface area contributed by atoms with Crippen LogP contribution in [-0.4, -0.2) is 43.8 Å². The van der Waals surface area contributed by atoms with E-state index < -0.39 is 5.92 Å². The van der Waals surface area contributed by atoms with E-state index in [0.29, 0.717) is 21.6 Å². The van der Waals surface area contributed by atoms with Crippen LogP contribution < -0.4 is 4.74 Å². The van der Waals surface area contributed by atoms with Gasteiger partial charge in [-0.3, -0.25) is 4.79 Å². The quantitative estimate of drug-likeness (QED) is 0.570. The lowest BCUT2D eigenvalue weighted by Crippen LogP contribution is -2.14. The van der Waals surface area contributed by atoms with Crippen molar-refractivity contribution in [2.24, 2.45) is 0 Å². The lowest BCUT2D eigenvalue weighted by molar-refractivity contribution is -0.116. The molecule has 1 aromatic carbocycles. The lowest BCUT2D eigenvalue weighted by Gasteiger charge is -2.09. The number of thiazole rings is 1. The van der Waals surface area contributed by atoms with Gasteiger partial charge < -0.3 is 4.74 Å². The van der Waals surface area contributed by atoms with Crippen molar-refractivity contribution in [3.05, 3.63) is 40.3 Å². The number of nitriles is 1. The molecule has 0 amide bonds. The fourth-order valence-electron chi connectivity index (χ4n) is 2.21. The number of ether oxygens (including phenoxy) is 1. The molecule has 1 atom stereocenters. The first-order valence-electron chi connectivity index (χ1n) is 7.53. The third-order valence-electron chi connectivity index (χ3n) is 3.43. The first-order chi connectivity index (χ1) is 12.6. The van der Waals surface area contributed by atoms with Crippen LogP contribution in [0.3, 0.4) is 0 Å². The average Bonchev–Trinajstić information content (AvgIpc) is 3.29. The van der Waals surface area contributed by atoms with Crippen LogP contribution >= 0.6 is 23.1 Å². The number of methoxy groups -OCH3 is 1. The average molecular weight is 386 g/mol. The molecule has 2 heterocycles. The number of hydrogen-bond acceptors (Lipinski definition) is 9. The molecule has 3 rings (SSSR count). The monoisotopic (exact) mass is 386 g/mol. The number of carbonyl (C=O) groups excluding carboxylic acids is 1. The van der Waals surface area contributed by atoms with Crippen LogP contribution in [0.2, 0.25) is 0 Å². The van der Waals surface area contributed by atoms with Gasteiger partial charge in [-0.2, -0.15) is 9.94 Å². The van der Waals surface area contributed by atoms with E-state index in [2.05, 4.69) is 20.5 Å². The summed E-state index contributed by atoms with van der Waals surface area (Å²) < 4.78 is 6.83. The van der Waals surface area contributed by atoms with Crippen molar-refractivity contribution >= 4 is 28.9 Å². The molecule has 0 bridgehead atoms. The van der Waals surface area contributed by atoms with E-state index >= 15 is 0 Å². The Hall–Kier alpha value is -2.77. The van der Waals surface area contributed by atoms with E-state index in [0.717, 1.165) is 5.69 Å². The smallest absolute Gasteiger partial charge is 0.214 e. The van der Waals surface area contributed by atoms with Crippen molar-refractivity contribution < 1.29 is 9.53 Å². The molecular formula is C16H14N6O2S2. The molecule has 0 saturated carbocycles. The topological polar surface area (TPSA) is 107 Å². The number of nitrogens with zero attached hydrogens (tertiary/aromatic N) is 6. The van der Waals surface area contributed by atoms with Crippen LogP contribution in [0.15, 0.2) is 34.8 Å². The predicted octanol–water partition coefficient (Wildman–Crippen LogP) is 2.40. The Labute approximate surface area is 157 Å². The van der Waals surface area contributed by atoms with Crippen molar-refractivity contribution in [2.75, 3.05) is 12.9 Å². The number of ketones is 1. The molecule has 132 valence electrons. The summed E-state index contributed by atoms with van der Waals surface area (Å²) in [5, 5.41) is 23.7. The SMILES string of the molecule is COc1ccccc1-n1nnnc1SCC(=O)[C@H](C#N)c1nc(C)cs1. The number of rotatable bonds is 7. The third-order valence-corrected chi connectivity index (χ3v) is 5.40. The number of aromatic nitrogens is 5. The minimum absolute atomic E-state index is 0.0619. The lowest BCUT2D eigenvalue weighted by atomic mass is 10.1. The second-order valence-electron chi connectivity index (χ2n) is 5.19. The molecule has 0 aliphatic carbocycles. The van der Waals surface area contributed by atoms with E-state index in [1.165, 1.54) is 27.8 Å². The number of aryl methyl sites for hydroxylation is 1. The molecule has 0 N–H and O–H groups in total. The van der Waals surface area contributed by atoms with Crippen LogP contribution in [0.5, 0.6) is 5.75 Å². The third kappa shape index (κ3) is 3.74. The predicted molar refractivity (Wildman–Crippen MR) is 96.6 cm³/mol. The van der Waals surface area contributed by atoms with Gasteiger partial charge in [0.15, 0.2) is 11.7 Å². The van der Waals surface area contributed by atoms with Gasteiger partial charge in [0.05, 0.1) is 18.9 Å². The van der Waals surface area contributed by atoms with E-state index in [9.17, 15) is 10.1 Å². The molecule has 0 aliphatic rings. The second kappa shape index (κ2) is 8.07. The number of Topliss-reactive ketones (excluding diaryl/α,β-unsaturated/α-hetero) is 1. The maximum Gasteiger partial charge on any atom is 0.214 e. The highest BCUT2D eigenvalue weighted by molar-refractivity contribution is 7.99. The maximum absolute atomic E-state index is 12.5. The molecule has 2 aromatic heterocycles. The summed E-state index contributed by atoms with van der Waals surface area (Å²) in [7, 11) is 1.56. The minimum atomic E-state index is -0.878. The zero-order valence-electron chi connectivity index (χ0n) is 14.0. The van der Waals surface area contributed by atoms with Gasteiger partial charge in [-0.25, -0.2) is 4.98 Å².